The summed E-state index contributed by atoms with van der Waals surface area (Å²) in [6.45, 7) is 9.86. The maximum atomic E-state index is 12.7. The Morgan fingerprint density at radius 1 is 0.602 bits per heavy atom. The number of amides is 1. The largest absolute Gasteiger partial charge is 0.478 e. The third-order valence-corrected chi connectivity index (χ3v) is 11.9. The minimum atomic E-state index is -0.892. The average molecular weight is 1140 g/mol. The van der Waals surface area contributed by atoms with Crippen LogP contribution in [0, 0.1) is 36.5 Å². The van der Waals surface area contributed by atoms with E-state index in [0.717, 1.165) is 40.0 Å². The lowest BCUT2D eigenvalue weighted by Gasteiger charge is -2.22. The Kier molecular flexibility index (Phi) is 28.0. The van der Waals surface area contributed by atoms with Gasteiger partial charge in [-0.15, -0.1) is 0 Å². The number of nitrogens with one attached hydrogen (secondary N) is 9. The number of hydrogen-bond acceptors (Lipinski definition) is 21. The fourth-order valence-corrected chi connectivity index (χ4v) is 7.19. The monoisotopic (exact) mass is 1130 g/mol. The summed E-state index contributed by atoms with van der Waals surface area (Å²) in [5.74, 6) is 3.42. The number of Topliss-reactive ketones (excluding diaryl/α,β-unsaturated/α-hetero) is 2. The summed E-state index contributed by atoms with van der Waals surface area (Å²) in [5, 5.41) is 62.3. The van der Waals surface area contributed by atoms with Crippen molar-refractivity contribution in [1.82, 2.24) is 60.3 Å². The highest BCUT2D eigenvalue weighted by Crippen LogP contribution is 2.24. The van der Waals surface area contributed by atoms with Crippen LogP contribution in [0.5, 0.6) is 0 Å². The van der Waals surface area contributed by atoms with Gasteiger partial charge in [0, 0.05) is 105 Å². The lowest BCUT2D eigenvalue weighted by molar-refractivity contribution is -0.134. The van der Waals surface area contributed by atoms with Gasteiger partial charge < -0.3 is 57.0 Å². The maximum Gasteiger partial charge on any atom is 0.328 e. The number of aromatic amines is 2. The van der Waals surface area contributed by atoms with Crippen LogP contribution < -0.4 is 37.2 Å². The second-order valence-electron chi connectivity index (χ2n) is 19.7. The molecule has 2 atom stereocenters. The second kappa shape index (κ2) is 35.2. The standard InChI is InChI=1S/C29H38N10O2.C23H29N9O.C6H11NO2/c1-20-18-27(37-36-20)33-26-19-25(34-29(35-26)32-23-12-10-22(11-13-23)14-15-30)31-16-6-8-24(40)21(2)39(5)28(41)9-7-17-38(3)4;1-15-13-22(32-31-15)28-21-14-20(26-12-4-5-19(33)16(2)25-3)29-23(30-21)27-18-8-6-17(7-9-18)10-11-24;1-7(2)5-3-4-6(8)9/h7,9-13,18-19,21H,6,8,14,16-17H2,1-5H3,(H4,31,32,33,34,35,36,37);6-9,13-14,16,25H,4-5,10,12H2,1-3H3,(H4,26,27,28,29,30,31,32);3-4H,5H2,1-2H3,(H,8,9)/b9-7+;;4-3+/t21-;16-;/m00./s1. The van der Waals surface area contributed by atoms with E-state index in [4.69, 9.17) is 15.6 Å². The number of aryl methyl sites for hydroxylation is 2. The number of H-pyrrole nitrogens is 2. The van der Waals surface area contributed by atoms with Gasteiger partial charge >= 0.3 is 5.97 Å². The van der Waals surface area contributed by atoms with Gasteiger partial charge in [-0.05, 0) is 111 Å². The van der Waals surface area contributed by atoms with E-state index >= 15 is 0 Å². The first-order chi connectivity index (χ1) is 39.7. The van der Waals surface area contributed by atoms with Crippen LogP contribution in [0.4, 0.5) is 58.2 Å². The first-order valence-corrected chi connectivity index (χ1v) is 26.9. The summed E-state index contributed by atoms with van der Waals surface area (Å²) in [4.78, 5) is 70.5. The van der Waals surface area contributed by atoms with Crippen molar-refractivity contribution >= 4 is 81.6 Å². The number of anilines is 10. The normalized spacial score (nSPS) is 11.5. The smallest absolute Gasteiger partial charge is 0.328 e. The highest BCUT2D eigenvalue weighted by Gasteiger charge is 2.21. The predicted molar refractivity (Wildman–Crippen MR) is 325 cm³/mol. The Balaban J connectivity index is 0.000000315. The molecule has 4 aromatic heterocycles. The lowest BCUT2D eigenvalue weighted by Crippen LogP contribution is -2.39. The molecular weight excluding hydrogens is 1060 g/mol. The third-order valence-electron chi connectivity index (χ3n) is 11.9. The van der Waals surface area contributed by atoms with E-state index in [-0.39, 0.29) is 23.5 Å². The van der Waals surface area contributed by atoms with Gasteiger partial charge in [0.25, 0.3) is 0 Å². The molecule has 25 nitrogen and oxygen atoms in total. The van der Waals surface area contributed by atoms with E-state index in [1.807, 2.05) is 119 Å². The van der Waals surface area contributed by atoms with Crippen LogP contribution in [0.2, 0.25) is 0 Å². The molecule has 0 aliphatic carbocycles. The number of carboxylic acid groups (broad SMARTS) is 1. The average Bonchev–Trinajstić information content (AvgIpc) is 4.14. The molecule has 1 amide bonds. The molecule has 440 valence electrons. The zero-order valence-electron chi connectivity index (χ0n) is 49.0. The van der Waals surface area contributed by atoms with Crippen LogP contribution in [0.3, 0.4) is 0 Å². The van der Waals surface area contributed by atoms with Gasteiger partial charge in [0.2, 0.25) is 17.8 Å². The number of hydrogen-bond donors (Lipinski definition) is 10. The molecule has 4 heterocycles. The number of rotatable bonds is 30. The van der Waals surface area contributed by atoms with Gasteiger partial charge in [0.05, 0.1) is 37.1 Å². The zero-order valence-corrected chi connectivity index (χ0v) is 49.0. The van der Waals surface area contributed by atoms with Crippen molar-refractivity contribution in [3.05, 3.63) is 120 Å². The van der Waals surface area contributed by atoms with Crippen molar-refractivity contribution in [3.8, 4) is 12.1 Å². The Morgan fingerprint density at radius 3 is 1.41 bits per heavy atom. The quantitative estimate of drug-likeness (QED) is 0.0155. The number of nitriles is 2. The molecule has 10 N–H and O–H groups in total. The van der Waals surface area contributed by atoms with Crippen LogP contribution in [0.15, 0.2) is 97.1 Å². The highest BCUT2D eigenvalue weighted by molar-refractivity contribution is 5.93. The van der Waals surface area contributed by atoms with Gasteiger partial charge in [0.15, 0.2) is 17.4 Å². The highest BCUT2D eigenvalue weighted by atomic mass is 16.4. The molecule has 2 aromatic carbocycles. The number of likely N-dealkylation sites (N-methyl/N-ethyl adjacent to an activating group) is 4. The number of benzene rings is 2. The first kappa shape index (κ1) is 66.0. The number of aliphatic carboxylic acids is 1. The van der Waals surface area contributed by atoms with Crippen LogP contribution in [-0.2, 0) is 32.0 Å². The van der Waals surface area contributed by atoms with E-state index in [2.05, 4.69) is 89.7 Å². The van der Waals surface area contributed by atoms with Gasteiger partial charge in [-0.3, -0.25) is 24.6 Å². The van der Waals surface area contributed by atoms with E-state index in [1.165, 1.54) is 11.0 Å². The fraction of sp³-hybridized carbons (Fsp3) is 0.379. The number of aromatic nitrogens is 8. The van der Waals surface area contributed by atoms with Crippen molar-refractivity contribution in [2.75, 3.05) is 100 Å². The summed E-state index contributed by atoms with van der Waals surface area (Å²) in [5.41, 5.74) is 5.29. The number of nitrogens with zero attached hydrogens (tertiary/aromatic N) is 11. The first-order valence-electron chi connectivity index (χ1n) is 26.9. The lowest BCUT2D eigenvalue weighted by atomic mass is 10.1. The van der Waals surface area contributed by atoms with E-state index < -0.39 is 12.0 Å². The molecule has 0 radical (unpaired) electrons. The van der Waals surface area contributed by atoms with Gasteiger partial charge in [0.1, 0.15) is 29.1 Å². The molecule has 0 spiro atoms. The number of carbonyl (C=O) groups excluding carboxylic acids is 3. The van der Waals surface area contributed by atoms with Crippen molar-refractivity contribution in [2.24, 2.45) is 0 Å². The van der Waals surface area contributed by atoms with Crippen molar-refractivity contribution in [3.63, 3.8) is 0 Å². The van der Waals surface area contributed by atoms with E-state index in [0.29, 0.717) is 112 Å². The molecule has 0 aliphatic rings. The summed E-state index contributed by atoms with van der Waals surface area (Å²) in [6, 6.07) is 26.0. The molecule has 6 aromatic rings. The van der Waals surface area contributed by atoms with Crippen molar-refractivity contribution < 1.29 is 24.3 Å². The Morgan fingerprint density at radius 2 is 1.02 bits per heavy atom. The van der Waals surface area contributed by atoms with Gasteiger partial charge in [-0.1, -0.05) is 36.4 Å². The van der Waals surface area contributed by atoms with E-state index in [9.17, 15) is 19.2 Å². The zero-order chi connectivity index (χ0) is 60.7. The summed E-state index contributed by atoms with van der Waals surface area (Å²) < 4.78 is 0. The Hall–Kier alpha value is -9.56. The summed E-state index contributed by atoms with van der Waals surface area (Å²) in [7, 11) is 11.0. The summed E-state index contributed by atoms with van der Waals surface area (Å²) >= 11 is 0. The molecule has 0 fully saturated rings. The molecule has 0 saturated carbocycles. The third kappa shape index (κ3) is 25.6. The topological polar surface area (TPSA) is 339 Å². The second-order valence-corrected chi connectivity index (χ2v) is 19.7. The number of carboxylic acids is 1. The SMILES string of the molecule is CN(C)C/C=C/C(=O)O.CN[C@@H](C)C(=O)CCCNc1cc(Nc2cc(C)[nH]n2)nc(Nc2ccc(CC#N)cc2)n1.Cc1cc(Nc2cc(NCCCC(=O)[C@H](C)N(C)C(=O)/C=C/CN(C)C)nc(Nc3ccc(CC#N)cc3)n2)n[nH]1. The van der Waals surface area contributed by atoms with E-state index in [1.54, 1.807) is 45.3 Å². The maximum absolute atomic E-state index is 12.7. The molecule has 25 heteroatoms. The molecule has 0 unspecified atom stereocenters. The number of carbonyl (C=O) groups is 4. The minimum Gasteiger partial charge on any atom is -0.478 e. The molecule has 0 saturated heterocycles. The fourth-order valence-electron chi connectivity index (χ4n) is 7.19. The minimum absolute atomic E-state index is 0.00944. The van der Waals surface area contributed by atoms with Gasteiger partial charge in [-0.25, -0.2) is 4.79 Å². The number of ketones is 2. The summed E-state index contributed by atoms with van der Waals surface area (Å²) in [6.07, 6.45) is 8.79. The Bertz CT molecular complexity index is 3140. The van der Waals surface area contributed by atoms with Gasteiger partial charge in [-0.2, -0.15) is 40.7 Å². The predicted octanol–water partition coefficient (Wildman–Crippen LogP) is 7.41. The van der Waals surface area contributed by atoms with Crippen LogP contribution in [0.25, 0.3) is 0 Å². The van der Waals surface area contributed by atoms with Crippen molar-refractivity contribution in [1.29, 1.82) is 10.5 Å². The van der Waals surface area contributed by atoms with Crippen LogP contribution >= 0.6 is 0 Å². The molecular formula is C58H78N20O5. The van der Waals surface area contributed by atoms with Crippen LogP contribution in [0.1, 0.15) is 62.0 Å². The molecule has 0 aliphatic heterocycles. The molecule has 83 heavy (non-hydrogen) atoms. The molecule has 0 bridgehead atoms. The molecule has 6 rings (SSSR count). The van der Waals surface area contributed by atoms with Crippen LogP contribution in [-0.4, -0.2) is 164 Å². The van der Waals surface area contributed by atoms with Crippen molar-refractivity contribution in [2.45, 2.75) is 78.3 Å². The Labute approximate surface area is 485 Å².